The number of nitrogens with zero attached hydrogens (tertiary/aromatic N) is 1. The summed E-state index contributed by atoms with van der Waals surface area (Å²) in [5, 5.41) is 2.42. The predicted molar refractivity (Wildman–Crippen MR) is 95.1 cm³/mol. The maximum Gasteiger partial charge on any atom is 0.416 e. The summed E-state index contributed by atoms with van der Waals surface area (Å²) >= 11 is 0. The lowest BCUT2D eigenvalue weighted by atomic mass is 9.85. The van der Waals surface area contributed by atoms with Gasteiger partial charge in [0.05, 0.1) is 11.3 Å². The highest BCUT2D eigenvalue weighted by atomic mass is 19.4. The van der Waals surface area contributed by atoms with Gasteiger partial charge in [-0.1, -0.05) is 18.2 Å². The largest absolute Gasteiger partial charge is 0.416 e. The molecule has 1 saturated heterocycles. The van der Waals surface area contributed by atoms with E-state index < -0.39 is 41.2 Å². The smallest absolute Gasteiger partial charge is 0.344 e. The van der Waals surface area contributed by atoms with E-state index in [1.165, 1.54) is 43.1 Å². The Morgan fingerprint density at radius 3 is 2.46 bits per heavy atom. The third kappa shape index (κ3) is 3.72. The molecular weight excluding hydrogens is 376 g/mol. The van der Waals surface area contributed by atoms with Crippen molar-refractivity contribution >= 4 is 17.5 Å². The Bertz CT molecular complexity index is 927. The second-order valence-electron chi connectivity index (χ2n) is 6.84. The summed E-state index contributed by atoms with van der Waals surface area (Å²) in [5.41, 5.74) is -0.0254. The molecule has 3 rings (SSSR count). The van der Waals surface area contributed by atoms with Crippen molar-refractivity contribution in [3.8, 4) is 0 Å². The average Bonchev–Trinajstić information content (AvgIpc) is 2.91. The van der Waals surface area contributed by atoms with E-state index in [0.717, 1.165) is 12.1 Å². The number of carbonyl (C=O) groups excluding carboxylic acids is 2. The molecule has 2 atom stereocenters. The number of benzene rings is 2. The Labute approximate surface area is 159 Å². The number of nitrogens with one attached hydrogen (secondary N) is 1. The molecular formula is C20H18F4N2O2. The second-order valence-corrected chi connectivity index (χ2v) is 6.84. The van der Waals surface area contributed by atoms with Crippen LogP contribution >= 0.6 is 0 Å². The number of amides is 2. The molecule has 1 N–H and O–H groups in total. The van der Waals surface area contributed by atoms with Crippen LogP contribution < -0.4 is 5.32 Å². The number of para-hydroxylation sites is 1. The number of anilines is 1. The van der Waals surface area contributed by atoms with Gasteiger partial charge in [-0.3, -0.25) is 9.59 Å². The third-order valence-corrected chi connectivity index (χ3v) is 4.93. The van der Waals surface area contributed by atoms with E-state index in [2.05, 4.69) is 5.32 Å². The number of likely N-dealkylation sites (N-methyl/N-ethyl adjacent to an activating group) is 1. The summed E-state index contributed by atoms with van der Waals surface area (Å²) in [6.07, 6.45) is -4.48. The highest BCUT2D eigenvalue weighted by molar-refractivity contribution is 6.08. The van der Waals surface area contributed by atoms with Crippen LogP contribution in [0, 0.1) is 18.7 Å². The minimum atomic E-state index is -4.48. The van der Waals surface area contributed by atoms with Gasteiger partial charge in [0.25, 0.3) is 0 Å². The van der Waals surface area contributed by atoms with Crippen molar-refractivity contribution in [3.63, 3.8) is 0 Å². The van der Waals surface area contributed by atoms with Crippen molar-refractivity contribution in [2.24, 2.45) is 5.92 Å². The zero-order valence-electron chi connectivity index (χ0n) is 15.2. The zero-order valence-corrected chi connectivity index (χ0v) is 15.2. The highest BCUT2D eigenvalue weighted by Crippen LogP contribution is 2.38. The van der Waals surface area contributed by atoms with Crippen LogP contribution in [0.25, 0.3) is 0 Å². The lowest BCUT2D eigenvalue weighted by Crippen LogP contribution is -2.33. The lowest BCUT2D eigenvalue weighted by molar-refractivity contribution is -0.138. The van der Waals surface area contributed by atoms with E-state index >= 15 is 0 Å². The maximum atomic E-state index is 13.8. The molecule has 0 spiro atoms. The minimum Gasteiger partial charge on any atom is -0.344 e. The van der Waals surface area contributed by atoms with Gasteiger partial charge in [-0.15, -0.1) is 0 Å². The maximum absolute atomic E-state index is 13.8. The molecule has 28 heavy (non-hydrogen) atoms. The first-order valence-corrected chi connectivity index (χ1v) is 8.57. The Morgan fingerprint density at radius 1 is 1.18 bits per heavy atom. The second kappa shape index (κ2) is 7.26. The van der Waals surface area contributed by atoms with Crippen molar-refractivity contribution in [2.45, 2.75) is 19.0 Å². The van der Waals surface area contributed by atoms with Crippen LogP contribution in [0.1, 0.15) is 22.6 Å². The molecule has 1 fully saturated rings. The third-order valence-electron chi connectivity index (χ3n) is 4.93. The number of hydrogen-bond acceptors (Lipinski definition) is 2. The summed E-state index contributed by atoms with van der Waals surface area (Å²) in [6.45, 7) is 1.69. The summed E-state index contributed by atoms with van der Waals surface area (Å²) in [6, 6.07) is 8.80. The van der Waals surface area contributed by atoms with E-state index in [4.69, 9.17) is 0 Å². The van der Waals surface area contributed by atoms with Gasteiger partial charge in [-0.2, -0.15) is 13.2 Å². The number of halogens is 4. The number of rotatable bonds is 3. The topological polar surface area (TPSA) is 49.4 Å². The molecule has 2 aromatic rings. The van der Waals surface area contributed by atoms with E-state index in [9.17, 15) is 27.2 Å². The summed E-state index contributed by atoms with van der Waals surface area (Å²) < 4.78 is 52.6. The molecule has 0 aromatic heterocycles. The number of alkyl halides is 3. The molecule has 1 aliphatic heterocycles. The Hall–Kier alpha value is -2.90. The fraction of sp³-hybridized carbons (Fsp3) is 0.300. The zero-order chi connectivity index (χ0) is 20.6. The minimum absolute atomic E-state index is 0.0576. The lowest BCUT2D eigenvalue weighted by Gasteiger charge is -2.20. The molecule has 148 valence electrons. The van der Waals surface area contributed by atoms with Gasteiger partial charge in [0, 0.05) is 19.5 Å². The molecule has 0 radical (unpaired) electrons. The van der Waals surface area contributed by atoms with E-state index in [1.807, 2.05) is 0 Å². The molecule has 0 unspecified atom stereocenters. The standard InChI is InChI=1S/C20H18F4N2O2/c1-11-9-12(20(22,23)24)7-8-13(11)14-10-26(2)19(28)17(14)18(27)25-16-6-4-3-5-15(16)21/h3-9,14,17H,10H2,1-2H3,(H,25,27)/t14-,17+/m0/s1. The van der Waals surface area contributed by atoms with Crippen LogP contribution in [0.4, 0.5) is 23.2 Å². The average molecular weight is 394 g/mol. The molecule has 0 aliphatic carbocycles. The molecule has 8 heteroatoms. The highest BCUT2D eigenvalue weighted by Gasteiger charge is 2.45. The van der Waals surface area contributed by atoms with E-state index in [1.54, 1.807) is 6.07 Å². The van der Waals surface area contributed by atoms with Crippen molar-refractivity contribution in [2.75, 3.05) is 18.9 Å². The predicted octanol–water partition coefficient (Wildman–Crippen LogP) is 3.96. The normalized spacial score (nSPS) is 19.8. The quantitative estimate of drug-likeness (QED) is 0.633. The van der Waals surface area contributed by atoms with Gasteiger partial charge < -0.3 is 10.2 Å². The number of hydrogen-bond donors (Lipinski definition) is 1. The van der Waals surface area contributed by atoms with Gasteiger partial charge in [-0.05, 0) is 42.3 Å². The molecule has 4 nitrogen and oxygen atoms in total. The number of aryl methyl sites for hydroxylation is 1. The molecule has 2 aromatic carbocycles. The van der Waals surface area contributed by atoms with Gasteiger partial charge >= 0.3 is 6.18 Å². The monoisotopic (exact) mass is 394 g/mol. The number of carbonyl (C=O) groups is 2. The molecule has 1 heterocycles. The van der Waals surface area contributed by atoms with Crippen molar-refractivity contribution < 1.29 is 27.2 Å². The Kier molecular flexibility index (Phi) is 5.14. The SMILES string of the molecule is Cc1cc(C(F)(F)F)ccc1[C@@H]1CN(C)C(=O)[C@H]1C(=O)Nc1ccccc1F. The molecule has 0 bridgehead atoms. The summed E-state index contributed by atoms with van der Waals surface area (Å²) in [4.78, 5) is 26.6. The van der Waals surface area contributed by atoms with E-state index in [-0.39, 0.29) is 12.2 Å². The van der Waals surface area contributed by atoms with Crippen LogP contribution in [0.3, 0.4) is 0 Å². The van der Waals surface area contributed by atoms with E-state index in [0.29, 0.717) is 11.1 Å². The fourth-order valence-corrected chi connectivity index (χ4v) is 3.51. The van der Waals surface area contributed by atoms with Crippen molar-refractivity contribution in [3.05, 3.63) is 65.0 Å². The van der Waals surface area contributed by atoms with Gasteiger partial charge in [-0.25, -0.2) is 4.39 Å². The Morgan fingerprint density at radius 2 is 1.86 bits per heavy atom. The first-order chi connectivity index (χ1) is 13.1. The van der Waals surface area contributed by atoms with Gasteiger partial charge in [0.15, 0.2) is 0 Å². The van der Waals surface area contributed by atoms with Crippen LogP contribution in [0.15, 0.2) is 42.5 Å². The van der Waals surface area contributed by atoms with Gasteiger partial charge in [0.2, 0.25) is 11.8 Å². The Balaban J connectivity index is 1.93. The van der Waals surface area contributed by atoms with Gasteiger partial charge in [0.1, 0.15) is 11.7 Å². The van der Waals surface area contributed by atoms with Crippen LogP contribution in [0.5, 0.6) is 0 Å². The van der Waals surface area contributed by atoms with Crippen molar-refractivity contribution in [1.82, 2.24) is 4.90 Å². The molecule has 1 aliphatic rings. The number of likely N-dealkylation sites (tertiary alicyclic amines) is 1. The summed E-state index contributed by atoms with van der Waals surface area (Å²) in [5.74, 6) is -3.58. The first-order valence-electron chi connectivity index (χ1n) is 8.57. The molecule has 0 saturated carbocycles. The van der Waals surface area contributed by atoms with Crippen LogP contribution in [-0.2, 0) is 15.8 Å². The van der Waals surface area contributed by atoms with Crippen LogP contribution in [0.2, 0.25) is 0 Å². The summed E-state index contributed by atoms with van der Waals surface area (Å²) in [7, 11) is 1.52. The first kappa shape index (κ1) is 19.9. The van der Waals surface area contributed by atoms with Crippen LogP contribution in [-0.4, -0.2) is 30.3 Å². The van der Waals surface area contributed by atoms with Crippen molar-refractivity contribution in [1.29, 1.82) is 0 Å². The molecule has 2 amide bonds. The fourth-order valence-electron chi connectivity index (χ4n) is 3.51.